The number of rotatable bonds is 6. The van der Waals surface area contributed by atoms with E-state index in [2.05, 4.69) is 10.4 Å². The Morgan fingerprint density at radius 2 is 2.04 bits per heavy atom. The minimum atomic E-state index is -4.29. The van der Waals surface area contributed by atoms with Gasteiger partial charge in [0.2, 0.25) is 0 Å². The molecule has 0 unspecified atom stereocenters. The molecule has 0 saturated carbocycles. The molecular weight excluding hydrogens is 327 g/mol. The minimum Gasteiger partial charge on any atom is -0.481 e. The second kappa shape index (κ2) is 7.16. The lowest BCUT2D eigenvalue weighted by molar-refractivity contribution is -0.137. The number of hydrogen-bond donors (Lipinski definition) is 2. The van der Waals surface area contributed by atoms with Crippen LogP contribution in [0.25, 0.3) is 0 Å². The molecule has 0 aliphatic carbocycles. The highest BCUT2D eigenvalue weighted by Crippen LogP contribution is 2.20. The number of carboxylic acids is 1. The lowest BCUT2D eigenvalue weighted by Crippen LogP contribution is -2.13. The monoisotopic (exact) mass is 341 g/mol. The van der Waals surface area contributed by atoms with Crippen molar-refractivity contribution in [3.05, 3.63) is 47.8 Å². The maximum atomic E-state index is 12.2. The van der Waals surface area contributed by atoms with Gasteiger partial charge in [-0.25, -0.2) is 0 Å². The second-order valence-corrected chi connectivity index (χ2v) is 5.08. The topological polar surface area (TPSA) is 84.2 Å². The van der Waals surface area contributed by atoms with Crippen molar-refractivity contribution in [1.82, 2.24) is 9.78 Å². The Morgan fingerprint density at radius 3 is 2.71 bits per heavy atom. The Morgan fingerprint density at radius 1 is 1.29 bits per heavy atom. The van der Waals surface area contributed by atoms with Crippen LogP contribution in [0.1, 0.15) is 22.3 Å². The number of hydrogen-bond acceptors (Lipinski definition) is 3. The number of aliphatic carboxylic acids is 1. The van der Waals surface area contributed by atoms with Crippen LogP contribution in [0.15, 0.2) is 36.7 Å². The molecule has 1 aromatic carbocycles. The van der Waals surface area contributed by atoms with Crippen molar-refractivity contribution in [2.24, 2.45) is 0 Å². The summed E-state index contributed by atoms with van der Waals surface area (Å²) in [6.07, 6.45) is -3.11. The van der Waals surface area contributed by atoms with E-state index in [9.17, 15) is 22.8 Å². The smallest absolute Gasteiger partial charge is 0.390 e. The maximum absolute atomic E-state index is 12.2. The zero-order valence-electron chi connectivity index (χ0n) is 12.4. The van der Waals surface area contributed by atoms with E-state index >= 15 is 0 Å². The normalized spacial score (nSPS) is 11.3. The maximum Gasteiger partial charge on any atom is 0.390 e. The summed E-state index contributed by atoms with van der Waals surface area (Å²) < 4.78 is 37.5. The van der Waals surface area contributed by atoms with Crippen LogP contribution in [0.5, 0.6) is 0 Å². The van der Waals surface area contributed by atoms with E-state index in [4.69, 9.17) is 5.11 Å². The van der Waals surface area contributed by atoms with Crippen LogP contribution in [-0.4, -0.2) is 32.9 Å². The number of halogens is 3. The van der Waals surface area contributed by atoms with Gasteiger partial charge in [-0.1, -0.05) is 12.1 Å². The zero-order chi connectivity index (χ0) is 17.7. The van der Waals surface area contributed by atoms with Crippen LogP contribution in [0.2, 0.25) is 0 Å². The van der Waals surface area contributed by atoms with Gasteiger partial charge >= 0.3 is 12.1 Å². The molecule has 1 amide bonds. The molecule has 128 valence electrons. The van der Waals surface area contributed by atoms with Crippen LogP contribution in [0.4, 0.5) is 18.9 Å². The number of aryl methyl sites for hydroxylation is 1. The number of carboxylic acid groups (broad SMARTS) is 1. The van der Waals surface area contributed by atoms with Crippen molar-refractivity contribution in [3.63, 3.8) is 0 Å². The Hall–Kier alpha value is -2.84. The van der Waals surface area contributed by atoms with E-state index in [-0.39, 0.29) is 18.5 Å². The summed E-state index contributed by atoms with van der Waals surface area (Å²) in [6.45, 7) is -0.370. The molecule has 0 aliphatic heterocycles. The average Bonchev–Trinajstić information content (AvgIpc) is 2.93. The lowest BCUT2D eigenvalue weighted by atomic mass is 10.1. The summed E-state index contributed by atoms with van der Waals surface area (Å²) >= 11 is 0. The number of carbonyl (C=O) groups excluding carboxylic acids is 1. The molecule has 0 saturated heterocycles. The van der Waals surface area contributed by atoms with Crippen LogP contribution in [-0.2, 0) is 17.8 Å². The molecule has 2 N–H and O–H groups in total. The molecule has 6 nitrogen and oxygen atoms in total. The largest absolute Gasteiger partial charge is 0.481 e. The molecule has 2 rings (SSSR count). The third kappa shape index (κ3) is 5.41. The van der Waals surface area contributed by atoms with Gasteiger partial charge in [-0.3, -0.25) is 14.3 Å². The number of anilines is 1. The summed E-state index contributed by atoms with van der Waals surface area (Å²) in [4.78, 5) is 22.7. The number of alkyl halides is 3. The fourth-order valence-corrected chi connectivity index (χ4v) is 1.98. The van der Waals surface area contributed by atoms with Crippen LogP contribution in [0, 0.1) is 0 Å². The first-order valence-electron chi connectivity index (χ1n) is 6.94. The molecule has 0 bridgehead atoms. The molecule has 0 spiro atoms. The number of benzene rings is 1. The molecule has 1 heterocycles. The van der Waals surface area contributed by atoms with Gasteiger partial charge in [-0.05, 0) is 17.7 Å². The van der Waals surface area contributed by atoms with Gasteiger partial charge in [-0.2, -0.15) is 18.3 Å². The van der Waals surface area contributed by atoms with E-state index in [1.54, 1.807) is 18.2 Å². The zero-order valence-corrected chi connectivity index (χ0v) is 12.4. The first-order valence-corrected chi connectivity index (χ1v) is 6.94. The van der Waals surface area contributed by atoms with Crippen molar-refractivity contribution in [1.29, 1.82) is 0 Å². The van der Waals surface area contributed by atoms with Gasteiger partial charge in [0, 0.05) is 18.4 Å². The summed E-state index contributed by atoms with van der Waals surface area (Å²) in [5.41, 5.74) is 1.02. The summed E-state index contributed by atoms with van der Waals surface area (Å²) in [5.74, 6) is -1.54. The average molecular weight is 341 g/mol. The third-order valence-electron chi connectivity index (χ3n) is 3.06. The Bertz CT molecular complexity index is 741. The molecule has 9 heteroatoms. The Kier molecular flexibility index (Phi) is 5.22. The second-order valence-electron chi connectivity index (χ2n) is 5.08. The fourth-order valence-electron chi connectivity index (χ4n) is 1.98. The Labute approximate surface area is 134 Å². The van der Waals surface area contributed by atoms with Crippen molar-refractivity contribution >= 4 is 17.6 Å². The summed E-state index contributed by atoms with van der Waals surface area (Å²) in [7, 11) is 0. The van der Waals surface area contributed by atoms with Gasteiger partial charge in [0.05, 0.1) is 24.6 Å². The van der Waals surface area contributed by atoms with Crippen LogP contribution in [0.3, 0.4) is 0 Å². The van der Waals surface area contributed by atoms with Gasteiger partial charge < -0.3 is 10.4 Å². The highest BCUT2D eigenvalue weighted by Gasteiger charge is 2.26. The molecule has 2 aromatic rings. The highest BCUT2D eigenvalue weighted by molar-refractivity contribution is 6.04. The van der Waals surface area contributed by atoms with E-state index in [1.165, 1.54) is 18.5 Å². The molecule has 0 aliphatic rings. The number of carbonyl (C=O) groups is 2. The molecule has 0 atom stereocenters. The van der Waals surface area contributed by atoms with Crippen LogP contribution < -0.4 is 5.32 Å². The quantitative estimate of drug-likeness (QED) is 0.846. The molecule has 24 heavy (non-hydrogen) atoms. The van der Waals surface area contributed by atoms with Crippen LogP contribution >= 0.6 is 0 Å². The van der Waals surface area contributed by atoms with Gasteiger partial charge in [0.1, 0.15) is 0 Å². The number of nitrogens with zero attached hydrogens (tertiary/aromatic N) is 2. The first-order chi connectivity index (χ1) is 11.2. The highest BCUT2D eigenvalue weighted by atomic mass is 19.4. The molecule has 0 fully saturated rings. The number of amides is 1. The summed E-state index contributed by atoms with van der Waals surface area (Å²) in [6, 6.07) is 6.30. The van der Waals surface area contributed by atoms with Gasteiger partial charge in [0.25, 0.3) is 5.91 Å². The first kappa shape index (κ1) is 17.5. The Balaban J connectivity index is 2.00. The lowest BCUT2D eigenvalue weighted by Gasteiger charge is -2.06. The van der Waals surface area contributed by atoms with E-state index in [1.807, 2.05) is 0 Å². The van der Waals surface area contributed by atoms with E-state index in [0.717, 1.165) is 4.68 Å². The van der Waals surface area contributed by atoms with Gasteiger partial charge in [-0.15, -0.1) is 0 Å². The van der Waals surface area contributed by atoms with Crippen molar-refractivity contribution in [2.75, 3.05) is 5.32 Å². The van der Waals surface area contributed by atoms with Crippen molar-refractivity contribution in [2.45, 2.75) is 25.6 Å². The standard InChI is InChI=1S/C15H14F3N3O3/c16-15(17,18)4-5-21-9-11(8-19-21)14(24)20-12-3-1-2-10(6-12)7-13(22)23/h1-3,6,8-9H,4-5,7H2,(H,20,24)(H,22,23). The van der Waals surface area contributed by atoms with Crippen molar-refractivity contribution < 1.29 is 27.9 Å². The van der Waals surface area contributed by atoms with Crippen molar-refractivity contribution in [3.8, 4) is 0 Å². The predicted octanol–water partition coefficient (Wildman–Crippen LogP) is 2.71. The van der Waals surface area contributed by atoms with E-state index < -0.39 is 24.5 Å². The number of nitrogens with one attached hydrogen (secondary N) is 1. The van der Waals surface area contributed by atoms with E-state index in [0.29, 0.717) is 11.3 Å². The molecule has 1 aromatic heterocycles. The molecule has 0 radical (unpaired) electrons. The molecular formula is C15H14F3N3O3. The predicted molar refractivity (Wildman–Crippen MR) is 78.6 cm³/mol. The van der Waals surface area contributed by atoms with Gasteiger partial charge in [0.15, 0.2) is 0 Å². The fraction of sp³-hybridized carbons (Fsp3) is 0.267. The third-order valence-corrected chi connectivity index (χ3v) is 3.06. The number of aromatic nitrogens is 2. The summed E-state index contributed by atoms with van der Waals surface area (Å²) in [5, 5.41) is 15.0. The minimum absolute atomic E-state index is 0.112. The SMILES string of the molecule is O=C(O)Cc1cccc(NC(=O)c2cnn(CCC(F)(F)F)c2)c1.